The first-order valence-electron chi connectivity index (χ1n) is 9.90. The van der Waals surface area contributed by atoms with Crippen molar-refractivity contribution in [3.63, 3.8) is 0 Å². The molecule has 27 heavy (non-hydrogen) atoms. The highest BCUT2D eigenvalue weighted by atomic mass is 16.2. The highest BCUT2D eigenvalue weighted by molar-refractivity contribution is 6.04. The molecule has 2 aromatic carbocycles. The number of hydrogen-bond acceptors (Lipinski definition) is 2. The third kappa shape index (κ3) is 3.48. The maximum atomic E-state index is 13.5. The molecule has 0 spiro atoms. The fraction of sp³-hybridized carbons (Fsp3) is 0.391. The van der Waals surface area contributed by atoms with Gasteiger partial charge in [0.1, 0.15) is 6.04 Å². The second-order valence-electron chi connectivity index (χ2n) is 7.71. The Kier molecular flexibility index (Phi) is 4.97. The number of nitrogens with one attached hydrogen (secondary N) is 1. The van der Waals surface area contributed by atoms with E-state index in [-0.39, 0.29) is 23.9 Å². The number of rotatable bonds is 4. The second-order valence-corrected chi connectivity index (χ2v) is 7.71. The molecule has 4 nitrogen and oxygen atoms in total. The number of aryl methyl sites for hydroxylation is 1. The Labute approximate surface area is 160 Å². The van der Waals surface area contributed by atoms with Gasteiger partial charge in [0.05, 0.1) is 6.04 Å². The molecule has 4 rings (SSSR count). The molecule has 1 aliphatic heterocycles. The van der Waals surface area contributed by atoms with Crippen LogP contribution in [-0.4, -0.2) is 28.8 Å². The molecule has 1 saturated heterocycles. The van der Waals surface area contributed by atoms with Crippen molar-refractivity contribution in [1.82, 2.24) is 10.2 Å². The van der Waals surface area contributed by atoms with Crippen LogP contribution >= 0.6 is 0 Å². The summed E-state index contributed by atoms with van der Waals surface area (Å²) in [6.07, 6.45) is 5.41. The van der Waals surface area contributed by atoms with Crippen molar-refractivity contribution in [3.05, 3.63) is 71.3 Å². The number of nitrogens with zero attached hydrogens (tertiary/aromatic N) is 1. The van der Waals surface area contributed by atoms with Crippen LogP contribution in [-0.2, 0) is 0 Å². The van der Waals surface area contributed by atoms with Gasteiger partial charge < -0.3 is 10.2 Å². The molecular formula is C23H26N2O2. The third-order valence-electron chi connectivity index (χ3n) is 5.86. The standard InChI is InChI=1S/C23H26N2O2/c1-16-12-14-18(15-13-16)22(26)21-20(17-8-4-2-5-9-17)24-23(27)25(21)19-10-6-3-7-11-19/h2,4-5,8-9,12-15,19-21H,3,6-7,10-11H2,1H3,(H,24,27)/t20-,21-/m0/s1. The molecule has 0 aromatic heterocycles. The summed E-state index contributed by atoms with van der Waals surface area (Å²) in [7, 11) is 0. The van der Waals surface area contributed by atoms with Gasteiger partial charge in [0.15, 0.2) is 5.78 Å². The van der Waals surface area contributed by atoms with Crippen molar-refractivity contribution in [2.24, 2.45) is 0 Å². The van der Waals surface area contributed by atoms with Gasteiger partial charge in [0.25, 0.3) is 0 Å². The normalized spacial score (nSPS) is 23.3. The summed E-state index contributed by atoms with van der Waals surface area (Å²) in [5.41, 5.74) is 2.77. The van der Waals surface area contributed by atoms with E-state index in [9.17, 15) is 9.59 Å². The molecule has 2 atom stereocenters. The molecule has 2 aliphatic rings. The monoisotopic (exact) mass is 362 g/mol. The minimum absolute atomic E-state index is 0.0211. The largest absolute Gasteiger partial charge is 0.329 e. The first-order chi connectivity index (χ1) is 13.1. The first kappa shape index (κ1) is 17.8. The number of carbonyl (C=O) groups excluding carboxylic acids is 2. The Morgan fingerprint density at radius 3 is 2.30 bits per heavy atom. The zero-order chi connectivity index (χ0) is 18.8. The number of hydrogen-bond donors (Lipinski definition) is 1. The second kappa shape index (κ2) is 7.55. The summed E-state index contributed by atoms with van der Waals surface area (Å²) in [4.78, 5) is 28.3. The first-order valence-corrected chi connectivity index (χ1v) is 9.90. The summed E-state index contributed by atoms with van der Waals surface area (Å²) in [5, 5.41) is 3.10. The Bertz CT molecular complexity index is 810. The van der Waals surface area contributed by atoms with E-state index in [2.05, 4.69) is 5.32 Å². The molecule has 2 amide bonds. The van der Waals surface area contributed by atoms with Gasteiger partial charge in [0, 0.05) is 11.6 Å². The van der Waals surface area contributed by atoms with E-state index in [1.807, 2.05) is 66.4 Å². The maximum Gasteiger partial charge on any atom is 0.318 e. The quantitative estimate of drug-likeness (QED) is 0.805. The molecule has 1 heterocycles. The van der Waals surface area contributed by atoms with Crippen molar-refractivity contribution in [3.8, 4) is 0 Å². The van der Waals surface area contributed by atoms with Gasteiger partial charge in [-0.15, -0.1) is 0 Å². The van der Waals surface area contributed by atoms with Gasteiger partial charge in [-0.05, 0) is 25.3 Å². The van der Waals surface area contributed by atoms with E-state index in [0.717, 1.165) is 36.8 Å². The number of urea groups is 1. The van der Waals surface area contributed by atoms with Crippen molar-refractivity contribution in [1.29, 1.82) is 0 Å². The smallest absolute Gasteiger partial charge is 0.318 e. The molecule has 1 saturated carbocycles. The van der Waals surface area contributed by atoms with Crippen LogP contribution in [0.3, 0.4) is 0 Å². The summed E-state index contributed by atoms with van der Waals surface area (Å²) in [5.74, 6) is 0.0211. The minimum atomic E-state index is -0.495. The molecule has 4 heteroatoms. The fourth-order valence-electron chi connectivity index (χ4n) is 4.42. The zero-order valence-corrected chi connectivity index (χ0v) is 15.7. The third-order valence-corrected chi connectivity index (χ3v) is 5.86. The lowest BCUT2D eigenvalue weighted by Gasteiger charge is -2.35. The van der Waals surface area contributed by atoms with Crippen molar-refractivity contribution >= 4 is 11.8 Å². The highest BCUT2D eigenvalue weighted by Gasteiger charge is 2.47. The molecule has 2 aromatic rings. The van der Waals surface area contributed by atoms with Crippen LogP contribution in [0.4, 0.5) is 4.79 Å². The summed E-state index contributed by atoms with van der Waals surface area (Å²) < 4.78 is 0. The molecular weight excluding hydrogens is 336 g/mol. The zero-order valence-electron chi connectivity index (χ0n) is 15.7. The van der Waals surface area contributed by atoms with E-state index in [1.54, 1.807) is 0 Å². The lowest BCUT2D eigenvalue weighted by molar-refractivity contribution is 0.0801. The SMILES string of the molecule is Cc1ccc(C(=O)[C@@H]2[C@H](c3ccccc3)NC(=O)N2C2CCCCC2)cc1. The summed E-state index contributed by atoms with van der Waals surface area (Å²) >= 11 is 0. The minimum Gasteiger partial charge on any atom is -0.329 e. The van der Waals surface area contributed by atoms with Crippen LogP contribution in [0.1, 0.15) is 59.6 Å². The molecule has 1 N–H and O–H groups in total. The van der Waals surface area contributed by atoms with Crippen LogP contribution < -0.4 is 5.32 Å². The van der Waals surface area contributed by atoms with Crippen LogP contribution in [0.2, 0.25) is 0 Å². The van der Waals surface area contributed by atoms with E-state index >= 15 is 0 Å². The Hall–Kier alpha value is -2.62. The van der Waals surface area contributed by atoms with Gasteiger partial charge in [-0.3, -0.25) is 4.79 Å². The number of amides is 2. The average molecular weight is 362 g/mol. The van der Waals surface area contributed by atoms with Crippen LogP contribution in [0.5, 0.6) is 0 Å². The molecule has 0 unspecified atom stereocenters. The van der Waals surface area contributed by atoms with Crippen molar-refractivity contribution < 1.29 is 9.59 Å². The number of ketones is 1. The van der Waals surface area contributed by atoms with Crippen LogP contribution in [0.15, 0.2) is 54.6 Å². The Morgan fingerprint density at radius 1 is 0.963 bits per heavy atom. The van der Waals surface area contributed by atoms with E-state index in [1.165, 1.54) is 6.42 Å². The maximum absolute atomic E-state index is 13.5. The topological polar surface area (TPSA) is 49.4 Å². The fourth-order valence-corrected chi connectivity index (χ4v) is 4.42. The number of benzene rings is 2. The van der Waals surface area contributed by atoms with Crippen molar-refractivity contribution in [2.75, 3.05) is 0 Å². The molecule has 1 aliphatic carbocycles. The molecule has 140 valence electrons. The van der Waals surface area contributed by atoms with E-state index in [4.69, 9.17) is 0 Å². The predicted molar refractivity (Wildman–Crippen MR) is 106 cm³/mol. The van der Waals surface area contributed by atoms with Gasteiger partial charge in [-0.2, -0.15) is 0 Å². The van der Waals surface area contributed by atoms with Gasteiger partial charge >= 0.3 is 6.03 Å². The van der Waals surface area contributed by atoms with E-state index < -0.39 is 6.04 Å². The summed E-state index contributed by atoms with van der Waals surface area (Å²) in [6.45, 7) is 2.01. The van der Waals surface area contributed by atoms with E-state index in [0.29, 0.717) is 5.56 Å². The number of Topliss-reactive ketones (excluding diaryl/α,β-unsaturated/α-hetero) is 1. The van der Waals surface area contributed by atoms with Crippen molar-refractivity contribution in [2.45, 2.75) is 57.2 Å². The van der Waals surface area contributed by atoms with Gasteiger partial charge in [0.2, 0.25) is 0 Å². The Balaban J connectivity index is 1.72. The summed E-state index contributed by atoms with van der Waals surface area (Å²) in [6, 6.07) is 16.7. The molecule has 0 radical (unpaired) electrons. The molecule has 0 bridgehead atoms. The number of carbonyl (C=O) groups is 2. The van der Waals surface area contributed by atoms with Crippen LogP contribution in [0, 0.1) is 6.92 Å². The average Bonchev–Trinajstić information content (AvgIpc) is 3.06. The highest BCUT2D eigenvalue weighted by Crippen LogP contribution is 2.35. The Morgan fingerprint density at radius 2 is 1.63 bits per heavy atom. The molecule has 2 fully saturated rings. The van der Waals surface area contributed by atoms with Gasteiger partial charge in [-0.1, -0.05) is 79.4 Å². The lowest BCUT2D eigenvalue weighted by atomic mass is 9.89. The predicted octanol–water partition coefficient (Wildman–Crippen LogP) is 4.65. The van der Waals surface area contributed by atoms with Gasteiger partial charge in [-0.25, -0.2) is 4.79 Å². The van der Waals surface area contributed by atoms with Crippen LogP contribution in [0.25, 0.3) is 0 Å². The lowest BCUT2D eigenvalue weighted by Crippen LogP contribution is -2.47.